The lowest BCUT2D eigenvalue weighted by Crippen LogP contribution is -2.30. The van der Waals surface area contributed by atoms with Gasteiger partial charge in [-0.3, -0.25) is 0 Å². The first-order valence-electron chi connectivity index (χ1n) is 7.63. The van der Waals surface area contributed by atoms with Gasteiger partial charge in [0.05, 0.1) is 7.11 Å². The van der Waals surface area contributed by atoms with Gasteiger partial charge in [0.2, 0.25) is 0 Å². The fourth-order valence-corrected chi connectivity index (χ4v) is 2.47. The molecule has 4 nitrogen and oxygen atoms in total. The maximum absolute atomic E-state index is 11.6. The van der Waals surface area contributed by atoms with Crippen LogP contribution in [0, 0.1) is 0 Å². The molecule has 23 heavy (non-hydrogen) atoms. The first kappa shape index (κ1) is 16.9. The molecule has 2 aromatic carbocycles. The van der Waals surface area contributed by atoms with Gasteiger partial charge >= 0.3 is 5.97 Å². The van der Waals surface area contributed by atoms with Gasteiger partial charge in [-0.15, -0.1) is 0 Å². The Morgan fingerprint density at radius 3 is 2.26 bits per heavy atom. The molecule has 0 spiro atoms. The monoisotopic (exact) mass is 314 g/mol. The van der Waals surface area contributed by atoms with Gasteiger partial charge in [0, 0.05) is 6.42 Å². The van der Waals surface area contributed by atoms with Gasteiger partial charge in [-0.25, -0.2) is 4.79 Å². The summed E-state index contributed by atoms with van der Waals surface area (Å²) in [6.45, 7) is 4.11. The SMILES string of the molecule is COc1ccccc1C[C@H](Oc1ccccc1C(C)C)C(=O)O. The molecule has 122 valence electrons. The molecule has 0 aromatic heterocycles. The topological polar surface area (TPSA) is 55.8 Å². The number of carboxylic acid groups (broad SMARTS) is 1. The molecule has 0 unspecified atom stereocenters. The second-order valence-electron chi connectivity index (χ2n) is 5.65. The van der Waals surface area contributed by atoms with E-state index in [1.807, 2.05) is 48.5 Å². The van der Waals surface area contributed by atoms with Crippen LogP contribution in [0.3, 0.4) is 0 Å². The lowest BCUT2D eigenvalue weighted by molar-refractivity contribution is -0.145. The van der Waals surface area contributed by atoms with Gasteiger partial charge in [-0.1, -0.05) is 50.2 Å². The van der Waals surface area contributed by atoms with Crippen LogP contribution in [0.25, 0.3) is 0 Å². The van der Waals surface area contributed by atoms with Crippen LogP contribution in [0.5, 0.6) is 11.5 Å². The number of aliphatic carboxylic acids is 1. The van der Waals surface area contributed by atoms with E-state index < -0.39 is 12.1 Å². The zero-order valence-electron chi connectivity index (χ0n) is 13.7. The van der Waals surface area contributed by atoms with Gasteiger partial charge in [-0.05, 0) is 29.2 Å². The van der Waals surface area contributed by atoms with Crippen LogP contribution in [-0.2, 0) is 11.2 Å². The van der Waals surface area contributed by atoms with E-state index in [1.165, 1.54) is 0 Å². The molecule has 0 aliphatic carbocycles. The van der Waals surface area contributed by atoms with Crippen LogP contribution < -0.4 is 9.47 Å². The second-order valence-corrected chi connectivity index (χ2v) is 5.65. The summed E-state index contributed by atoms with van der Waals surface area (Å²) in [5, 5.41) is 9.52. The summed E-state index contributed by atoms with van der Waals surface area (Å²) >= 11 is 0. The second kappa shape index (κ2) is 7.68. The van der Waals surface area contributed by atoms with Gasteiger partial charge in [0.25, 0.3) is 0 Å². The van der Waals surface area contributed by atoms with Gasteiger partial charge in [0.15, 0.2) is 6.10 Å². The number of ether oxygens (including phenoxy) is 2. The molecule has 0 aliphatic heterocycles. The Bertz CT molecular complexity index is 664. The quantitative estimate of drug-likeness (QED) is 0.842. The first-order chi connectivity index (χ1) is 11.0. The van der Waals surface area contributed by atoms with Crippen molar-refractivity contribution in [2.75, 3.05) is 7.11 Å². The van der Waals surface area contributed by atoms with Crippen LogP contribution >= 0.6 is 0 Å². The van der Waals surface area contributed by atoms with E-state index in [1.54, 1.807) is 7.11 Å². The van der Waals surface area contributed by atoms with Crippen molar-refractivity contribution >= 4 is 5.97 Å². The Balaban J connectivity index is 2.25. The molecule has 0 radical (unpaired) electrons. The van der Waals surface area contributed by atoms with Crippen LogP contribution in [0.2, 0.25) is 0 Å². The number of methoxy groups -OCH3 is 1. The van der Waals surface area contributed by atoms with Crippen LogP contribution in [-0.4, -0.2) is 24.3 Å². The predicted octanol–water partition coefficient (Wildman–Crippen LogP) is 3.89. The molecular formula is C19H22O4. The van der Waals surface area contributed by atoms with E-state index in [2.05, 4.69) is 13.8 Å². The molecule has 1 N–H and O–H groups in total. The fraction of sp³-hybridized carbons (Fsp3) is 0.316. The number of hydrogen-bond donors (Lipinski definition) is 1. The zero-order valence-corrected chi connectivity index (χ0v) is 13.7. The number of para-hydroxylation sites is 2. The highest BCUT2D eigenvalue weighted by molar-refractivity contribution is 5.73. The third kappa shape index (κ3) is 4.25. The summed E-state index contributed by atoms with van der Waals surface area (Å²) < 4.78 is 11.1. The highest BCUT2D eigenvalue weighted by Crippen LogP contribution is 2.28. The lowest BCUT2D eigenvalue weighted by Gasteiger charge is -2.20. The number of hydrogen-bond acceptors (Lipinski definition) is 3. The van der Waals surface area contributed by atoms with Crippen molar-refractivity contribution in [2.45, 2.75) is 32.3 Å². The summed E-state index contributed by atoms with van der Waals surface area (Å²) in [5.74, 6) is 0.547. The van der Waals surface area contributed by atoms with Crippen molar-refractivity contribution in [3.05, 3.63) is 59.7 Å². The van der Waals surface area contributed by atoms with E-state index >= 15 is 0 Å². The highest BCUT2D eigenvalue weighted by Gasteiger charge is 2.23. The Kier molecular flexibility index (Phi) is 5.63. The number of carbonyl (C=O) groups is 1. The average Bonchev–Trinajstić information content (AvgIpc) is 2.54. The minimum Gasteiger partial charge on any atom is -0.496 e. The van der Waals surface area contributed by atoms with Crippen molar-refractivity contribution in [1.82, 2.24) is 0 Å². The van der Waals surface area contributed by atoms with E-state index in [9.17, 15) is 9.90 Å². The first-order valence-corrected chi connectivity index (χ1v) is 7.63. The summed E-state index contributed by atoms with van der Waals surface area (Å²) in [6, 6.07) is 14.9. The van der Waals surface area contributed by atoms with Gasteiger partial charge in [0.1, 0.15) is 11.5 Å². The molecule has 0 aliphatic rings. The summed E-state index contributed by atoms with van der Waals surface area (Å²) in [5.41, 5.74) is 1.81. The molecule has 0 saturated carbocycles. The normalized spacial score (nSPS) is 12.0. The van der Waals surface area contributed by atoms with Crippen molar-refractivity contribution in [3.63, 3.8) is 0 Å². The third-order valence-electron chi connectivity index (χ3n) is 3.68. The molecule has 0 saturated heterocycles. The molecule has 0 fully saturated rings. The van der Waals surface area contributed by atoms with E-state index in [0.717, 1.165) is 11.1 Å². The minimum absolute atomic E-state index is 0.242. The molecular weight excluding hydrogens is 292 g/mol. The van der Waals surface area contributed by atoms with Crippen molar-refractivity contribution in [3.8, 4) is 11.5 Å². The highest BCUT2D eigenvalue weighted by atomic mass is 16.5. The van der Waals surface area contributed by atoms with Gasteiger partial charge in [-0.2, -0.15) is 0 Å². The maximum Gasteiger partial charge on any atom is 0.345 e. The molecule has 2 aromatic rings. The fourth-order valence-electron chi connectivity index (χ4n) is 2.47. The van der Waals surface area contributed by atoms with Crippen LogP contribution in [0.15, 0.2) is 48.5 Å². The molecule has 0 bridgehead atoms. The van der Waals surface area contributed by atoms with Crippen molar-refractivity contribution in [1.29, 1.82) is 0 Å². The largest absolute Gasteiger partial charge is 0.496 e. The summed E-state index contributed by atoms with van der Waals surface area (Å²) in [6.07, 6.45) is -0.725. The number of carboxylic acids is 1. The number of benzene rings is 2. The van der Waals surface area contributed by atoms with Gasteiger partial charge < -0.3 is 14.6 Å². The third-order valence-corrected chi connectivity index (χ3v) is 3.68. The predicted molar refractivity (Wildman–Crippen MR) is 89.3 cm³/mol. The lowest BCUT2D eigenvalue weighted by atomic mass is 10.0. The standard InChI is InChI=1S/C19H22O4/c1-13(2)15-9-5-7-11-17(15)23-18(19(20)21)12-14-8-4-6-10-16(14)22-3/h4-11,13,18H,12H2,1-3H3,(H,20,21)/t18-/m0/s1. The van der Waals surface area contributed by atoms with E-state index in [4.69, 9.17) is 9.47 Å². The molecule has 0 heterocycles. The van der Waals surface area contributed by atoms with Crippen LogP contribution in [0.4, 0.5) is 0 Å². The van der Waals surface area contributed by atoms with E-state index in [0.29, 0.717) is 11.5 Å². The van der Waals surface area contributed by atoms with E-state index in [-0.39, 0.29) is 12.3 Å². The summed E-state index contributed by atoms with van der Waals surface area (Å²) in [4.78, 5) is 11.6. The molecule has 2 rings (SSSR count). The molecule has 0 amide bonds. The summed E-state index contributed by atoms with van der Waals surface area (Å²) in [7, 11) is 1.57. The maximum atomic E-state index is 11.6. The zero-order chi connectivity index (χ0) is 16.8. The average molecular weight is 314 g/mol. The smallest absolute Gasteiger partial charge is 0.345 e. The molecule has 1 atom stereocenters. The van der Waals surface area contributed by atoms with Crippen molar-refractivity contribution in [2.24, 2.45) is 0 Å². The van der Waals surface area contributed by atoms with Crippen LogP contribution in [0.1, 0.15) is 30.9 Å². The number of rotatable bonds is 7. The Morgan fingerprint density at radius 1 is 1.04 bits per heavy atom. The Hall–Kier alpha value is -2.49. The Morgan fingerprint density at radius 2 is 1.65 bits per heavy atom. The van der Waals surface area contributed by atoms with Crippen molar-refractivity contribution < 1.29 is 19.4 Å². The minimum atomic E-state index is -0.991. The molecule has 4 heteroatoms. The Labute approximate surface area is 136 Å².